The summed E-state index contributed by atoms with van der Waals surface area (Å²) in [5.74, 6) is 3.57. The van der Waals surface area contributed by atoms with Crippen LogP contribution in [0.4, 0.5) is 0 Å². The summed E-state index contributed by atoms with van der Waals surface area (Å²) in [6.45, 7) is 5.64. The highest BCUT2D eigenvalue weighted by Crippen LogP contribution is 2.33. The van der Waals surface area contributed by atoms with Gasteiger partial charge in [0.05, 0.1) is 28.4 Å². The molecule has 0 bridgehead atoms. The van der Waals surface area contributed by atoms with Gasteiger partial charge in [0.2, 0.25) is 0 Å². The first-order valence-electron chi connectivity index (χ1n) is 9.76. The third kappa shape index (κ3) is 5.72. The maximum atomic E-state index is 5.44. The van der Waals surface area contributed by atoms with Crippen molar-refractivity contribution in [1.82, 2.24) is 10.6 Å². The van der Waals surface area contributed by atoms with Gasteiger partial charge in [-0.1, -0.05) is 26.0 Å². The van der Waals surface area contributed by atoms with E-state index in [9.17, 15) is 0 Å². The number of benzene rings is 2. The predicted octanol–water partition coefficient (Wildman–Crippen LogP) is 3.36. The van der Waals surface area contributed by atoms with Gasteiger partial charge >= 0.3 is 0 Å². The summed E-state index contributed by atoms with van der Waals surface area (Å²) in [6.07, 6.45) is 0. The normalized spacial score (nSPS) is 11.6. The molecule has 0 aliphatic rings. The summed E-state index contributed by atoms with van der Waals surface area (Å²) < 4.78 is 21.4. The van der Waals surface area contributed by atoms with Gasteiger partial charge in [0.1, 0.15) is 0 Å². The van der Waals surface area contributed by atoms with Crippen molar-refractivity contribution in [3.8, 4) is 23.0 Å². The van der Waals surface area contributed by atoms with Gasteiger partial charge in [-0.2, -0.15) is 0 Å². The van der Waals surface area contributed by atoms with E-state index in [-0.39, 0.29) is 5.41 Å². The molecule has 0 atom stereocenters. The molecule has 0 fully saturated rings. The number of aliphatic imine (C=N–C) groups is 1. The van der Waals surface area contributed by atoms with Crippen LogP contribution in [0, 0.1) is 0 Å². The van der Waals surface area contributed by atoms with E-state index in [1.165, 1.54) is 0 Å². The summed E-state index contributed by atoms with van der Waals surface area (Å²) in [6, 6.07) is 11.8. The maximum absolute atomic E-state index is 5.44. The van der Waals surface area contributed by atoms with Crippen LogP contribution in [0.5, 0.6) is 23.0 Å². The zero-order chi connectivity index (χ0) is 22.1. The fraction of sp³-hybridized carbons (Fsp3) is 0.435. The van der Waals surface area contributed by atoms with Crippen molar-refractivity contribution in [2.24, 2.45) is 4.99 Å². The van der Waals surface area contributed by atoms with E-state index < -0.39 is 0 Å². The fourth-order valence-electron chi connectivity index (χ4n) is 3.06. The molecule has 0 aliphatic carbocycles. The van der Waals surface area contributed by atoms with Crippen molar-refractivity contribution in [3.05, 3.63) is 47.5 Å². The second-order valence-electron chi connectivity index (χ2n) is 7.42. The number of hydrogen-bond donors (Lipinski definition) is 2. The highest BCUT2D eigenvalue weighted by Gasteiger charge is 2.22. The summed E-state index contributed by atoms with van der Waals surface area (Å²) in [4.78, 5) is 4.33. The minimum Gasteiger partial charge on any atom is -0.493 e. The summed E-state index contributed by atoms with van der Waals surface area (Å²) >= 11 is 0. The Labute approximate surface area is 179 Å². The number of rotatable bonds is 9. The molecule has 7 heteroatoms. The Morgan fingerprint density at radius 1 is 0.800 bits per heavy atom. The second-order valence-corrected chi connectivity index (χ2v) is 7.42. The Balaban J connectivity index is 2.01. The van der Waals surface area contributed by atoms with Gasteiger partial charge in [0, 0.05) is 25.6 Å². The lowest BCUT2D eigenvalue weighted by atomic mass is 9.84. The first-order chi connectivity index (χ1) is 14.4. The van der Waals surface area contributed by atoms with E-state index >= 15 is 0 Å². The Morgan fingerprint density at radius 3 is 1.93 bits per heavy atom. The average molecular weight is 416 g/mol. The minimum absolute atomic E-state index is 0.152. The molecule has 30 heavy (non-hydrogen) atoms. The van der Waals surface area contributed by atoms with E-state index in [0.29, 0.717) is 24.6 Å². The lowest BCUT2D eigenvalue weighted by Crippen LogP contribution is -2.43. The molecule has 0 aliphatic heterocycles. The Hall–Kier alpha value is -3.09. The van der Waals surface area contributed by atoms with Crippen LogP contribution in [0.3, 0.4) is 0 Å². The lowest BCUT2D eigenvalue weighted by Gasteiger charge is -2.27. The van der Waals surface area contributed by atoms with Gasteiger partial charge in [-0.25, -0.2) is 0 Å². The van der Waals surface area contributed by atoms with E-state index in [0.717, 1.165) is 28.6 Å². The first kappa shape index (κ1) is 23.2. The molecule has 0 unspecified atom stereocenters. The third-order valence-corrected chi connectivity index (χ3v) is 4.99. The van der Waals surface area contributed by atoms with Gasteiger partial charge in [-0.05, 0) is 35.4 Å². The molecule has 0 heterocycles. The standard InChI is InChI=1S/C23H33N3O4/c1-23(2,17-9-11-19(28-5)21(13-17)30-7)15-26-22(24-3)25-14-16-8-10-18(27-4)20(12-16)29-6/h8-13H,14-15H2,1-7H3,(H2,24,25,26). The number of guanidine groups is 1. The number of nitrogens with zero attached hydrogens (tertiary/aromatic N) is 1. The molecule has 0 saturated heterocycles. The quantitative estimate of drug-likeness (QED) is 0.483. The van der Waals surface area contributed by atoms with Gasteiger partial charge < -0.3 is 29.6 Å². The number of hydrogen-bond acceptors (Lipinski definition) is 5. The first-order valence-corrected chi connectivity index (χ1v) is 9.76. The molecule has 0 saturated carbocycles. The van der Waals surface area contributed by atoms with Crippen LogP contribution in [0.25, 0.3) is 0 Å². The smallest absolute Gasteiger partial charge is 0.191 e. The number of methoxy groups -OCH3 is 4. The third-order valence-electron chi connectivity index (χ3n) is 4.99. The Bertz CT molecular complexity index is 866. The predicted molar refractivity (Wildman–Crippen MR) is 120 cm³/mol. The Morgan fingerprint density at radius 2 is 1.37 bits per heavy atom. The molecular formula is C23H33N3O4. The van der Waals surface area contributed by atoms with Gasteiger partial charge in [0.15, 0.2) is 29.0 Å². The van der Waals surface area contributed by atoms with Crippen LogP contribution < -0.4 is 29.6 Å². The number of ether oxygens (including phenoxy) is 4. The molecule has 0 amide bonds. The van der Waals surface area contributed by atoms with Crippen molar-refractivity contribution >= 4 is 5.96 Å². The van der Waals surface area contributed by atoms with Crippen LogP contribution >= 0.6 is 0 Å². The summed E-state index contributed by atoms with van der Waals surface area (Å²) in [5, 5.41) is 6.74. The molecule has 7 nitrogen and oxygen atoms in total. The van der Waals surface area contributed by atoms with Gasteiger partial charge in [-0.15, -0.1) is 0 Å². The van der Waals surface area contributed by atoms with Gasteiger partial charge in [-0.3, -0.25) is 4.99 Å². The van der Waals surface area contributed by atoms with Crippen LogP contribution in [0.2, 0.25) is 0 Å². The SMILES string of the molecule is CN=C(NCc1ccc(OC)c(OC)c1)NCC(C)(C)c1ccc(OC)c(OC)c1. The van der Waals surface area contributed by atoms with E-state index in [2.05, 4.69) is 35.5 Å². The molecule has 2 aromatic rings. The molecule has 0 radical (unpaired) electrons. The van der Waals surface area contributed by atoms with Crippen molar-refractivity contribution in [1.29, 1.82) is 0 Å². The van der Waals surface area contributed by atoms with Gasteiger partial charge in [0.25, 0.3) is 0 Å². The number of nitrogens with one attached hydrogen (secondary N) is 2. The van der Waals surface area contributed by atoms with Crippen LogP contribution in [-0.2, 0) is 12.0 Å². The molecule has 164 valence electrons. The molecule has 2 N–H and O–H groups in total. The molecule has 2 rings (SSSR count). The zero-order valence-corrected chi connectivity index (χ0v) is 19.0. The van der Waals surface area contributed by atoms with E-state index in [1.54, 1.807) is 35.5 Å². The van der Waals surface area contributed by atoms with E-state index in [1.807, 2.05) is 30.3 Å². The van der Waals surface area contributed by atoms with Crippen molar-refractivity contribution in [2.45, 2.75) is 25.8 Å². The van der Waals surface area contributed by atoms with Crippen LogP contribution in [-0.4, -0.2) is 48.0 Å². The largest absolute Gasteiger partial charge is 0.493 e. The monoisotopic (exact) mass is 415 g/mol. The molecule has 2 aromatic carbocycles. The molecule has 0 aromatic heterocycles. The highest BCUT2D eigenvalue weighted by molar-refractivity contribution is 5.79. The summed E-state index contributed by atoms with van der Waals surface area (Å²) in [5.41, 5.74) is 2.05. The molecule has 0 spiro atoms. The molecular weight excluding hydrogens is 382 g/mol. The minimum atomic E-state index is -0.152. The van der Waals surface area contributed by atoms with Crippen LogP contribution in [0.1, 0.15) is 25.0 Å². The zero-order valence-electron chi connectivity index (χ0n) is 19.0. The van der Waals surface area contributed by atoms with Crippen molar-refractivity contribution < 1.29 is 18.9 Å². The maximum Gasteiger partial charge on any atom is 0.191 e. The van der Waals surface area contributed by atoms with Crippen LogP contribution in [0.15, 0.2) is 41.4 Å². The highest BCUT2D eigenvalue weighted by atomic mass is 16.5. The van der Waals surface area contributed by atoms with Crippen molar-refractivity contribution in [2.75, 3.05) is 42.0 Å². The summed E-state index contributed by atoms with van der Waals surface area (Å²) in [7, 11) is 8.30. The van der Waals surface area contributed by atoms with Crippen molar-refractivity contribution in [3.63, 3.8) is 0 Å². The topological polar surface area (TPSA) is 73.3 Å². The lowest BCUT2D eigenvalue weighted by molar-refractivity contribution is 0.353. The fourth-order valence-corrected chi connectivity index (χ4v) is 3.06. The van der Waals surface area contributed by atoms with E-state index in [4.69, 9.17) is 18.9 Å². The Kier molecular flexibility index (Phi) is 8.21. The average Bonchev–Trinajstić information content (AvgIpc) is 2.78. The second kappa shape index (κ2) is 10.6.